The Morgan fingerprint density at radius 2 is 1.51 bits per heavy atom. The molecule has 2 aliphatic rings. The third kappa shape index (κ3) is 4.41. The van der Waals surface area contributed by atoms with Crippen molar-refractivity contribution in [2.45, 2.75) is 6.54 Å². The number of anilines is 1. The molecule has 7 heteroatoms. The highest BCUT2D eigenvalue weighted by Gasteiger charge is 2.25. The fourth-order valence-corrected chi connectivity index (χ4v) is 6.19. The molecule has 4 heterocycles. The fraction of sp³-hybridized carbons (Fsp3) is 0.200. The van der Waals surface area contributed by atoms with Crippen molar-refractivity contribution in [3.8, 4) is 33.3 Å². The molecule has 1 saturated heterocycles. The summed E-state index contributed by atoms with van der Waals surface area (Å²) in [5.41, 5.74) is 3.55. The number of thiophene rings is 1. The molecule has 1 N–H and O–H groups in total. The number of hydrogen-bond donors (Lipinski definition) is 1. The van der Waals surface area contributed by atoms with Gasteiger partial charge in [0.25, 0.3) is 0 Å². The van der Waals surface area contributed by atoms with Crippen LogP contribution >= 0.6 is 11.3 Å². The lowest BCUT2D eigenvalue weighted by molar-refractivity contribution is -0.914. The minimum Gasteiger partial charge on any atom is -0.454 e. The van der Waals surface area contributed by atoms with E-state index in [-0.39, 0.29) is 0 Å². The van der Waals surface area contributed by atoms with Crippen molar-refractivity contribution >= 4 is 27.4 Å². The van der Waals surface area contributed by atoms with E-state index in [2.05, 4.69) is 65.6 Å². The summed E-state index contributed by atoms with van der Waals surface area (Å²) >= 11 is 1.74. The number of fused-ring (bicyclic) bond motifs is 2. The predicted octanol–water partition coefficient (Wildman–Crippen LogP) is 4.66. The second kappa shape index (κ2) is 9.50. The van der Waals surface area contributed by atoms with Gasteiger partial charge in [-0.2, -0.15) is 0 Å². The van der Waals surface area contributed by atoms with Crippen LogP contribution < -0.4 is 19.3 Å². The summed E-state index contributed by atoms with van der Waals surface area (Å²) in [5, 5.41) is 1.14. The maximum Gasteiger partial charge on any atom is 0.231 e. The molecule has 0 radical (unpaired) electrons. The van der Waals surface area contributed by atoms with E-state index in [1.165, 1.54) is 16.0 Å². The Morgan fingerprint density at radius 1 is 0.784 bits per heavy atom. The van der Waals surface area contributed by atoms with Crippen LogP contribution in [0.1, 0.15) is 5.56 Å². The maximum absolute atomic E-state index is 5.57. The van der Waals surface area contributed by atoms with E-state index >= 15 is 0 Å². The number of hydrogen-bond acceptors (Lipinski definition) is 6. The molecular formula is C30H27N4O2S+. The molecule has 0 amide bonds. The number of benzene rings is 3. The van der Waals surface area contributed by atoms with Crippen molar-refractivity contribution in [1.82, 2.24) is 9.97 Å². The molecule has 0 bridgehead atoms. The molecule has 6 nitrogen and oxygen atoms in total. The van der Waals surface area contributed by atoms with Gasteiger partial charge < -0.3 is 19.3 Å². The zero-order valence-corrected chi connectivity index (χ0v) is 21.2. The molecule has 2 aromatic heterocycles. The summed E-state index contributed by atoms with van der Waals surface area (Å²) in [6.07, 6.45) is 0. The van der Waals surface area contributed by atoms with Gasteiger partial charge in [-0.15, -0.1) is 11.3 Å². The molecule has 1 fully saturated rings. The first kappa shape index (κ1) is 22.3. The Balaban J connectivity index is 1.18. The van der Waals surface area contributed by atoms with Crippen LogP contribution in [-0.2, 0) is 6.54 Å². The lowest BCUT2D eigenvalue weighted by atomic mass is 10.1. The summed E-state index contributed by atoms with van der Waals surface area (Å²) < 4.78 is 11.0. The quantitative estimate of drug-likeness (QED) is 0.375. The van der Waals surface area contributed by atoms with Crippen molar-refractivity contribution in [3.63, 3.8) is 0 Å². The average molecular weight is 508 g/mol. The molecule has 0 saturated carbocycles. The van der Waals surface area contributed by atoms with Gasteiger partial charge in [0.05, 0.1) is 31.6 Å². The summed E-state index contributed by atoms with van der Waals surface area (Å²) in [6, 6.07) is 29.4. The van der Waals surface area contributed by atoms with E-state index in [0.717, 1.165) is 71.6 Å². The van der Waals surface area contributed by atoms with Gasteiger partial charge in [0.15, 0.2) is 17.3 Å². The largest absolute Gasteiger partial charge is 0.454 e. The number of rotatable bonds is 5. The highest BCUT2D eigenvalue weighted by Crippen LogP contribution is 2.38. The summed E-state index contributed by atoms with van der Waals surface area (Å²) in [6.45, 7) is 5.31. The van der Waals surface area contributed by atoms with Crippen molar-refractivity contribution in [3.05, 3.63) is 90.5 Å². The average Bonchev–Trinajstić information content (AvgIpc) is 3.61. The van der Waals surface area contributed by atoms with Crippen molar-refractivity contribution in [1.29, 1.82) is 0 Å². The van der Waals surface area contributed by atoms with Crippen LogP contribution in [0.5, 0.6) is 11.5 Å². The van der Waals surface area contributed by atoms with E-state index < -0.39 is 0 Å². The van der Waals surface area contributed by atoms with Crippen LogP contribution in [0.2, 0.25) is 0 Å². The van der Waals surface area contributed by atoms with Crippen LogP contribution in [0.4, 0.5) is 5.82 Å². The number of ether oxygens (including phenoxy) is 2. The Morgan fingerprint density at radius 3 is 2.30 bits per heavy atom. The second-order valence-electron chi connectivity index (χ2n) is 9.53. The number of piperazine rings is 1. The SMILES string of the molecule is c1ccc(-c2nc(N3CC[NH+](Cc4ccc5c(c4)OCO5)CC3)c3cc(-c4ccccc4)sc3n2)cc1. The molecule has 0 aliphatic carbocycles. The third-order valence-electron chi connectivity index (χ3n) is 7.12. The van der Waals surface area contributed by atoms with Crippen molar-refractivity contribution in [2.75, 3.05) is 37.9 Å². The van der Waals surface area contributed by atoms with E-state index in [9.17, 15) is 0 Å². The Labute approximate surface area is 219 Å². The Kier molecular flexibility index (Phi) is 5.72. The predicted molar refractivity (Wildman–Crippen MR) is 147 cm³/mol. The topological polar surface area (TPSA) is 51.9 Å². The fourth-order valence-electron chi connectivity index (χ4n) is 5.16. The molecular weight excluding hydrogens is 480 g/mol. The normalized spacial score (nSPS) is 15.4. The van der Waals surface area contributed by atoms with E-state index in [0.29, 0.717) is 6.79 Å². The lowest BCUT2D eigenvalue weighted by Crippen LogP contribution is -3.13. The molecule has 0 spiro atoms. The molecule has 0 unspecified atom stereocenters. The molecule has 5 aromatic rings. The summed E-state index contributed by atoms with van der Waals surface area (Å²) in [7, 11) is 0. The number of aromatic nitrogens is 2. The first-order valence-corrected chi connectivity index (χ1v) is 13.5. The van der Waals surface area contributed by atoms with Gasteiger partial charge in [0, 0.05) is 16.0 Å². The van der Waals surface area contributed by atoms with Gasteiger partial charge in [0.1, 0.15) is 17.2 Å². The molecule has 3 aromatic carbocycles. The minimum atomic E-state index is 0.317. The van der Waals surface area contributed by atoms with Gasteiger partial charge >= 0.3 is 0 Å². The van der Waals surface area contributed by atoms with Crippen LogP contribution in [0, 0.1) is 0 Å². The van der Waals surface area contributed by atoms with Crippen molar-refractivity contribution < 1.29 is 14.4 Å². The first-order chi connectivity index (χ1) is 18.3. The van der Waals surface area contributed by atoms with Gasteiger partial charge in [-0.3, -0.25) is 0 Å². The van der Waals surface area contributed by atoms with Crippen LogP contribution in [0.3, 0.4) is 0 Å². The summed E-state index contributed by atoms with van der Waals surface area (Å²) in [4.78, 5) is 16.4. The lowest BCUT2D eigenvalue weighted by Gasteiger charge is -2.33. The van der Waals surface area contributed by atoms with Crippen LogP contribution in [0.25, 0.3) is 32.0 Å². The van der Waals surface area contributed by atoms with Crippen LogP contribution in [0.15, 0.2) is 84.9 Å². The standard InChI is InChI=1S/C30H26N4O2S/c1-3-7-22(8-4-1)27-18-24-29(31-28(32-30(24)37-27)23-9-5-2-6-10-23)34-15-13-33(14-16-34)19-21-11-12-25-26(17-21)36-20-35-25/h1-12,17-18H,13-16,19-20H2/p+1. The highest BCUT2D eigenvalue weighted by atomic mass is 32.1. The Bertz CT molecular complexity index is 1550. The zero-order chi connectivity index (χ0) is 24.6. The molecule has 2 aliphatic heterocycles. The minimum absolute atomic E-state index is 0.317. The monoisotopic (exact) mass is 507 g/mol. The molecule has 37 heavy (non-hydrogen) atoms. The number of quaternary nitrogens is 1. The van der Waals surface area contributed by atoms with Crippen LogP contribution in [-0.4, -0.2) is 42.9 Å². The van der Waals surface area contributed by atoms with Gasteiger partial charge in [-0.25, -0.2) is 9.97 Å². The maximum atomic E-state index is 5.57. The second-order valence-corrected chi connectivity index (χ2v) is 10.6. The number of nitrogens with one attached hydrogen (secondary N) is 1. The van der Waals surface area contributed by atoms with Gasteiger partial charge in [-0.1, -0.05) is 60.7 Å². The molecule has 0 atom stereocenters. The molecule has 184 valence electrons. The van der Waals surface area contributed by atoms with Crippen molar-refractivity contribution in [2.24, 2.45) is 0 Å². The smallest absolute Gasteiger partial charge is 0.231 e. The number of nitrogens with zero attached hydrogens (tertiary/aromatic N) is 3. The van der Waals surface area contributed by atoms with E-state index in [1.54, 1.807) is 16.2 Å². The van der Waals surface area contributed by atoms with Gasteiger partial charge in [-0.05, 0) is 29.8 Å². The third-order valence-corrected chi connectivity index (χ3v) is 8.20. The van der Waals surface area contributed by atoms with E-state index in [4.69, 9.17) is 19.4 Å². The van der Waals surface area contributed by atoms with E-state index in [1.807, 2.05) is 24.3 Å². The first-order valence-electron chi connectivity index (χ1n) is 12.7. The summed E-state index contributed by atoms with van der Waals surface area (Å²) in [5.74, 6) is 3.54. The zero-order valence-electron chi connectivity index (χ0n) is 20.4. The highest BCUT2D eigenvalue weighted by molar-refractivity contribution is 7.22. The Hall–Kier alpha value is -3.94. The van der Waals surface area contributed by atoms with Gasteiger partial charge in [0.2, 0.25) is 6.79 Å². The molecule has 7 rings (SSSR count).